The maximum Gasteiger partial charge on any atom is 0.326 e. The fourth-order valence-electron chi connectivity index (χ4n) is 2.33. The Morgan fingerprint density at radius 3 is 2.53 bits per heavy atom. The number of allylic oxidation sites excluding steroid dienone is 1. The number of nitrogens with one attached hydrogen (secondary N) is 1. The summed E-state index contributed by atoms with van der Waals surface area (Å²) in [4.78, 5) is 22.7. The van der Waals surface area contributed by atoms with Crippen LogP contribution in [0.25, 0.3) is 0 Å². The zero-order chi connectivity index (χ0) is 12.7. The Morgan fingerprint density at radius 2 is 2.00 bits per heavy atom. The largest absolute Gasteiger partial charge is 0.480 e. The lowest BCUT2D eigenvalue weighted by atomic mass is 9.84. The lowest BCUT2D eigenvalue weighted by Crippen LogP contribution is -2.46. The van der Waals surface area contributed by atoms with Crippen molar-refractivity contribution < 1.29 is 14.7 Å². The molecular weight excluding hydrogens is 218 g/mol. The Hall–Kier alpha value is -1.32. The molecule has 4 nitrogen and oxygen atoms in total. The van der Waals surface area contributed by atoms with E-state index < -0.39 is 12.0 Å². The number of carbonyl (C=O) groups is 2. The van der Waals surface area contributed by atoms with Gasteiger partial charge in [0.2, 0.25) is 5.91 Å². The second-order valence-electron chi connectivity index (χ2n) is 4.61. The number of rotatable bonds is 6. The van der Waals surface area contributed by atoms with Crippen molar-refractivity contribution in [3.63, 3.8) is 0 Å². The van der Waals surface area contributed by atoms with Crippen molar-refractivity contribution in [3.05, 3.63) is 12.7 Å². The number of carboxylic acid groups (broad SMARTS) is 1. The highest BCUT2D eigenvalue weighted by atomic mass is 16.4. The zero-order valence-electron chi connectivity index (χ0n) is 10.2. The monoisotopic (exact) mass is 239 g/mol. The molecule has 4 heteroatoms. The Balaban J connectivity index is 2.50. The summed E-state index contributed by atoms with van der Waals surface area (Å²) in [5, 5.41) is 11.8. The van der Waals surface area contributed by atoms with Crippen LogP contribution in [-0.4, -0.2) is 23.0 Å². The molecule has 0 heterocycles. The third kappa shape index (κ3) is 4.59. The molecule has 1 fully saturated rings. The molecule has 2 N–H and O–H groups in total. The molecule has 0 spiro atoms. The lowest BCUT2D eigenvalue weighted by molar-refractivity contribution is -0.143. The molecule has 1 saturated carbocycles. The van der Waals surface area contributed by atoms with Crippen LogP contribution in [0.4, 0.5) is 0 Å². The van der Waals surface area contributed by atoms with Crippen LogP contribution in [0.2, 0.25) is 0 Å². The van der Waals surface area contributed by atoms with Crippen LogP contribution < -0.4 is 5.32 Å². The van der Waals surface area contributed by atoms with E-state index in [0.717, 1.165) is 25.7 Å². The van der Waals surface area contributed by atoms with E-state index in [4.69, 9.17) is 5.11 Å². The van der Waals surface area contributed by atoms with E-state index >= 15 is 0 Å². The summed E-state index contributed by atoms with van der Waals surface area (Å²) in [6.45, 7) is 3.54. The van der Waals surface area contributed by atoms with Gasteiger partial charge in [-0.15, -0.1) is 6.58 Å². The van der Waals surface area contributed by atoms with Crippen LogP contribution in [0.15, 0.2) is 12.7 Å². The number of hydrogen-bond acceptors (Lipinski definition) is 2. The Bertz CT molecular complexity index is 282. The van der Waals surface area contributed by atoms with E-state index in [1.54, 1.807) is 6.08 Å². The van der Waals surface area contributed by atoms with Crippen molar-refractivity contribution in [2.45, 2.75) is 51.0 Å². The molecule has 1 atom stereocenters. The zero-order valence-corrected chi connectivity index (χ0v) is 10.2. The van der Waals surface area contributed by atoms with E-state index in [0.29, 0.717) is 12.8 Å². The molecule has 96 valence electrons. The van der Waals surface area contributed by atoms with E-state index in [9.17, 15) is 9.59 Å². The molecule has 1 amide bonds. The van der Waals surface area contributed by atoms with Crippen LogP contribution in [0.1, 0.15) is 44.9 Å². The third-order valence-electron chi connectivity index (χ3n) is 3.28. The third-order valence-corrected chi connectivity index (χ3v) is 3.28. The summed E-state index contributed by atoms with van der Waals surface area (Å²) < 4.78 is 0. The molecule has 0 aromatic rings. The minimum absolute atomic E-state index is 0.0916. The number of hydrogen-bond donors (Lipinski definition) is 2. The molecule has 0 aliphatic heterocycles. The van der Waals surface area contributed by atoms with E-state index in [2.05, 4.69) is 11.9 Å². The quantitative estimate of drug-likeness (QED) is 0.697. The second kappa shape index (κ2) is 7.09. The summed E-state index contributed by atoms with van der Waals surface area (Å²) in [5.74, 6) is -1.01. The highest BCUT2D eigenvalue weighted by Gasteiger charge is 2.30. The van der Waals surface area contributed by atoms with E-state index in [1.807, 2.05) is 0 Å². The SMILES string of the molecule is C=CCCC(=O)NC(C(=O)O)C1CCCCC1. The van der Waals surface area contributed by atoms with Crippen LogP contribution >= 0.6 is 0 Å². The standard InChI is InChI=1S/C13H21NO3/c1-2-3-9-11(15)14-12(13(16)17)10-7-5-4-6-8-10/h2,10,12H,1,3-9H2,(H,14,15)(H,16,17). The first-order chi connectivity index (χ1) is 8.15. The van der Waals surface area contributed by atoms with Gasteiger partial charge in [-0.1, -0.05) is 25.3 Å². The molecule has 0 saturated heterocycles. The predicted molar refractivity (Wildman–Crippen MR) is 65.6 cm³/mol. The Morgan fingerprint density at radius 1 is 1.35 bits per heavy atom. The summed E-state index contributed by atoms with van der Waals surface area (Å²) in [6, 6.07) is -0.715. The van der Waals surface area contributed by atoms with Crippen molar-refractivity contribution in [1.82, 2.24) is 5.32 Å². The lowest BCUT2D eigenvalue weighted by Gasteiger charge is -2.28. The van der Waals surface area contributed by atoms with Crippen molar-refractivity contribution >= 4 is 11.9 Å². The summed E-state index contributed by atoms with van der Waals surface area (Å²) in [5.41, 5.74) is 0. The van der Waals surface area contributed by atoms with Gasteiger partial charge < -0.3 is 10.4 Å². The normalized spacial score (nSPS) is 18.4. The van der Waals surface area contributed by atoms with Crippen LogP contribution in [-0.2, 0) is 9.59 Å². The maximum atomic E-state index is 11.5. The maximum absolute atomic E-state index is 11.5. The summed E-state index contributed by atoms with van der Waals surface area (Å²) >= 11 is 0. The van der Waals surface area contributed by atoms with Crippen LogP contribution in [0.3, 0.4) is 0 Å². The van der Waals surface area contributed by atoms with Crippen LogP contribution in [0.5, 0.6) is 0 Å². The van der Waals surface area contributed by atoms with Crippen molar-refractivity contribution in [3.8, 4) is 0 Å². The topological polar surface area (TPSA) is 66.4 Å². The molecular formula is C13H21NO3. The van der Waals surface area contributed by atoms with E-state index in [-0.39, 0.29) is 11.8 Å². The van der Waals surface area contributed by atoms with Gasteiger partial charge in [-0.2, -0.15) is 0 Å². The van der Waals surface area contributed by atoms with Crippen molar-refractivity contribution in [2.24, 2.45) is 5.92 Å². The van der Waals surface area contributed by atoms with Gasteiger partial charge in [-0.3, -0.25) is 4.79 Å². The molecule has 0 radical (unpaired) electrons. The molecule has 1 rings (SSSR count). The Kier molecular flexibility index (Phi) is 5.73. The van der Waals surface area contributed by atoms with Gasteiger partial charge in [0.1, 0.15) is 6.04 Å². The number of aliphatic carboxylic acids is 1. The van der Waals surface area contributed by atoms with Gasteiger partial charge in [0, 0.05) is 6.42 Å². The average Bonchev–Trinajstić information content (AvgIpc) is 2.34. The first-order valence-electron chi connectivity index (χ1n) is 6.28. The number of amides is 1. The molecule has 0 aromatic heterocycles. The Labute approximate surface area is 102 Å². The number of carboxylic acids is 1. The predicted octanol–water partition coefficient (Wildman–Crippen LogP) is 2.10. The van der Waals surface area contributed by atoms with Crippen LogP contribution in [0, 0.1) is 5.92 Å². The average molecular weight is 239 g/mol. The number of carbonyl (C=O) groups excluding carboxylic acids is 1. The van der Waals surface area contributed by atoms with Crippen molar-refractivity contribution in [1.29, 1.82) is 0 Å². The molecule has 17 heavy (non-hydrogen) atoms. The van der Waals surface area contributed by atoms with Gasteiger partial charge >= 0.3 is 5.97 Å². The fraction of sp³-hybridized carbons (Fsp3) is 0.692. The van der Waals surface area contributed by atoms with Gasteiger partial charge in [-0.25, -0.2) is 4.79 Å². The first-order valence-corrected chi connectivity index (χ1v) is 6.28. The molecule has 1 aliphatic carbocycles. The molecule has 0 bridgehead atoms. The summed E-state index contributed by atoms with van der Waals surface area (Å²) in [7, 11) is 0. The highest BCUT2D eigenvalue weighted by molar-refractivity contribution is 5.83. The minimum atomic E-state index is -0.913. The summed E-state index contributed by atoms with van der Waals surface area (Å²) in [6.07, 6.45) is 7.68. The van der Waals surface area contributed by atoms with Gasteiger partial charge in [-0.05, 0) is 25.2 Å². The van der Waals surface area contributed by atoms with Gasteiger partial charge in [0.15, 0.2) is 0 Å². The minimum Gasteiger partial charge on any atom is -0.480 e. The van der Waals surface area contributed by atoms with Gasteiger partial charge in [0.25, 0.3) is 0 Å². The molecule has 1 aliphatic rings. The highest BCUT2D eigenvalue weighted by Crippen LogP contribution is 2.26. The second-order valence-corrected chi connectivity index (χ2v) is 4.61. The molecule has 1 unspecified atom stereocenters. The van der Waals surface area contributed by atoms with E-state index in [1.165, 1.54) is 6.42 Å². The van der Waals surface area contributed by atoms with Gasteiger partial charge in [0.05, 0.1) is 0 Å². The fourth-order valence-corrected chi connectivity index (χ4v) is 2.33. The molecule has 0 aromatic carbocycles. The smallest absolute Gasteiger partial charge is 0.326 e. The van der Waals surface area contributed by atoms with Crippen molar-refractivity contribution in [2.75, 3.05) is 0 Å². The first kappa shape index (κ1) is 13.7.